The molecule has 4 aromatic rings. The van der Waals surface area contributed by atoms with Gasteiger partial charge in [-0.3, -0.25) is 14.9 Å². The quantitative estimate of drug-likeness (QED) is 0.378. The number of hydrogen-bond donors (Lipinski definition) is 2. The molecule has 8 nitrogen and oxygen atoms in total. The Hall–Kier alpha value is -3.56. The van der Waals surface area contributed by atoms with E-state index in [9.17, 15) is 14.7 Å². The topological polar surface area (TPSA) is 103 Å². The number of carbonyl (C=O) groups excluding carboxylic acids is 1. The van der Waals surface area contributed by atoms with E-state index in [0.717, 1.165) is 10.3 Å². The van der Waals surface area contributed by atoms with Crippen molar-refractivity contribution < 1.29 is 24.2 Å². The average Bonchev–Trinajstić information content (AvgIpc) is 3.33. The van der Waals surface area contributed by atoms with E-state index in [1.54, 1.807) is 30.3 Å². The molecule has 2 N–H and O–H groups in total. The summed E-state index contributed by atoms with van der Waals surface area (Å²) in [5.74, 6) is -0.484. The molecule has 0 bridgehead atoms. The molecular weight excluding hydrogens is 466 g/mol. The highest BCUT2D eigenvalue weighted by molar-refractivity contribution is 7.16. The second-order valence-corrected chi connectivity index (χ2v) is 8.74. The number of amides is 1. The standard InChI is InChI=1S/C23H20ClN3O5S/c1-12-21(14-9-15(24)19(32-3)10-18(14)31-2)25-23(33-12)26-22(30)17-8-13-6-4-5-7-16(13)27(17)11-20(28)29/h4-10H,11H2,1-3H3,(H,28,29)(H,25,26,30). The molecule has 2 aromatic heterocycles. The summed E-state index contributed by atoms with van der Waals surface area (Å²) in [6.07, 6.45) is 0. The molecule has 1 amide bonds. The Morgan fingerprint density at radius 2 is 1.88 bits per heavy atom. The lowest BCUT2D eigenvalue weighted by Gasteiger charge is -2.11. The van der Waals surface area contributed by atoms with Crippen LogP contribution < -0.4 is 14.8 Å². The van der Waals surface area contributed by atoms with Crippen LogP contribution in [0.2, 0.25) is 5.02 Å². The molecular formula is C23H20ClN3O5S. The van der Waals surface area contributed by atoms with Gasteiger partial charge >= 0.3 is 5.97 Å². The number of para-hydroxylation sites is 1. The summed E-state index contributed by atoms with van der Waals surface area (Å²) in [6, 6.07) is 12.3. The molecule has 0 atom stereocenters. The van der Waals surface area contributed by atoms with Gasteiger partial charge in [-0.2, -0.15) is 0 Å². The zero-order valence-corrected chi connectivity index (χ0v) is 19.6. The van der Waals surface area contributed by atoms with Crippen molar-refractivity contribution >= 4 is 50.8 Å². The first kappa shape index (κ1) is 22.6. The number of carboxylic acid groups (broad SMARTS) is 1. The summed E-state index contributed by atoms with van der Waals surface area (Å²) in [5, 5.41) is 13.7. The Bertz CT molecular complexity index is 1380. The summed E-state index contributed by atoms with van der Waals surface area (Å²) in [5.41, 5.74) is 2.18. The highest BCUT2D eigenvalue weighted by atomic mass is 35.5. The van der Waals surface area contributed by atoms with Gasteiger partial charge in [0.2, 0.25) is 0 Å². The molecule has 33 heavy (non-hydrogen) atoms. The van der Waals surface area contributed by atoms with Crippen LogP contribution in [0.25, 0.3) is 22.2 Å². The maximum atomic E-state index is 13.1. The summed E-state index contributed by atoms with van der Waals surface area (Å²) in [4.78, 5) is 29.9. The van der Waals surface area contributed by atoms with Crippen LogP contribution in [0.5, 0.6) is 11.5 Å². The Morgan fingerprint density at radius 3 is 2.58 bits per heavy atom. The number of aromatic nitrogens is 2. The van der Waals surface area contributed by atoms with Crippen LogP contribution >= 0.6 is 22.9 Å². The number of carboxylic acids is 1. The first-order valence-electron chi connectivity index (χ1n) is 9.83. The number of aryl methyl sites for hydroxylation is 1. The van der Waals surface area contributed by atoms with Gasteiger partial charge in [0.15, 0.2) is 5.13 Å². The predicted molar refractivity (Wildman–Crippen MR) is 128 cm³/mol. The Morgan fingerprint density at radius 1 is 1.15 bits per heavy atom. The third-order valence-corrected chi connectivity index (χ3v) is 6.26. The van der Waals surface area contributed by atoms with Gasteiger partial charge in [0.05, 0.1) is 24.9 Å². The third-order valence-electron chi connectivity index (χ3n) is 5.08. The van der Waals surface area contributed by atoms with Crippen LogP contribution in [-0.2, 0) is 11.3 Å². The van der Waals surface area contributed by atoms with Crippen molar-refractivity contribution in [3.63, 3.8) is 0 Å². The monoisotopic (exact) mass is 485 g/mol. The van der Waals surface area contributed by atoms with E-state index in [1.807, 2.05) is 19.1 Å². The predicted octanol–water partition coefficient (Wildman–Crippen LogP) is 5.08. The average molecular weight is 486 g/mol. The highest BCUT2D eigenvalue weighted by Gasteiger charge is 2.21. The molecule has 0 saturated carbocycles. The number of methoxy groups -OCH3 is 2. The van der Waals surface area contributed by atoms with Crippen LogP contribution in [0.4, 0.5) is 5.13 Å². The minimum Gasteiger partial charge on any atom is -0.496 e. The van der Waals surface area contributed by atoms with E-state index in [0.29, 0.717) is 38.4 Å². The molecule has 4 rings (SSSR count). The van der Waals surface area contributed by atoms with Gasteiger partial charge in [-0.05, 0) is 25.1 Å². The van der Waals surface area contributed by atoms with Crippen LogP contribution in [0.3, 0.4) is 0 Å². The highest BCUT2D eigenvalue weighted by Crippen LogP contribution is 2.41. The number of ether oxygens (including phenoxy) is 2. The summed E-state index contributed by atoms with van der Waals surface area (Å²) in [6.45, 7) is 1.54. The van der Waals surface area contributed by atoms with E-state index in [4.69, 9.17) is 21.1 Å². The minimum atomic E-state index is -1.04. The number of hydrogen-bond acceptors (Lipinski definition) is 6. The van der Waals surface area contributed by atoms with Crippen LogP contribution in [0.15, 0.2) is 42.5 Å². The molecule has 0 radical (unpaired) electrons. The number of carbonyl (C=O) groups is 2. The molecule has 2 aromatic carbocycles. The fraction of sp³-hybridized carbons (Fsp3) is 0.174. The number of nitrogens with zero attached hydrogens (tertiary/aromatic N) is 2. The Kier molecular flexibility index (Phi) is 6.26. The molecule has 170 valence electrons. The summed E-state index contributed by atoms with van der Waals surface area (Å²) >= 11 is 7.60. The second kappa shape index (κ2) is 9.13. The van der Waals surface area contributed by atoms with E-state index in [2.05, 4.69) is 10.3 Å². The van der Waals surface area contributed by atoms with E-state index < -0.39 is 11.9 Å². The number of nitrogens with one attached hydrogen (secondary N) is 1. The molecule has 10 heteroatoms. The molecule has 0 unspecified atom stereocenters. The van der Waals surface area contributed by atoms with Gasteiger partial charge in [0.25, 0.3) is 5.91 Å². The lowest BCUT2D eigenvalue weighted by Crippen LogP contribution is -2.19. The van der Waals surface area contributed by atoms with E-state index in [1.165, 1.54) is 30.1 Å². The molecule has 0 aliphatic rings. The van der Waals surface area contributed by atoms with Gasteiger partial charge < -0.3 is 19.1 Å². The normalized spacial score (nSPS) is 10.9. The number of halogens is 1. The SMILES string of the molecule is COc1cc(OC)c(-c2nc(NC(=O)c3cc4ccccc4n3CC(=O)O)sc2C)cc1Cl. The van der Waals surface area contributed by atoms with E-state index >= 15 is 0 Å². The lowest BCUT2D eigenvalue weighted by atomic mass is 10.1. The first-order chi connectivity index (χ1) is 15.8. The number of anilines is 1. The molecule has 0 aliphatic heterocycles. The molecule has 2 heterocycles. The lowest BCUT2D eigenvalue weighted by molar-refractivity contribution is -0.137. The van der Waals surface area contributed by atoms with Gasteiger partial charge in [0.1, 0.15) is 23.7 Å². The Labute approximate surface area is 198 Å². The number of aliphatic carboxylic acids is 1. The van der Waals surface area contributed by atoms with Crippen molar-refractivity contribution in [3.8, 4) is 22.8 Å². The van der Waals surface area contributed by atoms with Gasteiger partial charge in [-0.1, -0.05) is 29.8 Å². The maximum Gasteiger partial charge on any atom is 0.323 e. The van der Waals surface area contributed by atoms with Crippen LogP contribution in [-0.4, -0.2) is 40.8 Å². The van der Waals surface area contributed by atoms with E-state index in [-0.39, 0.29) is 12.2 Å². The van der Waals surface area contributed by atoms with Crippen LogP contribution in [0.1, 0.15) is 15.4 Å². The van der Waals surface area contributed by atoms with Crippen molar-refractivity contribution in [2.45, 2.75) is 13.5 Å². The van der Waals surface area contributed by atoms with Crippen molar-refractivity contribution in [2.24, 2.45) is 0 Å². The molecule has 0 aliphatic carbocycles. The summed E-state index contributed by atoms with van der Waals surface area (Å²) < 4.78 is 12.2. The molecule has 0 saturated heterocycles. The molecule has 0 spiro atoms. The van der Waals surface area contributed by atoms with Crippen molar-refractivity contribution in [1.29, 1.82) is 0 Å². The minimum absolute atomic E-state index is 0.234. The third kappa shape index (κ3) is 4.37. The second-order valence-electron chi connectivity index (χ2n) is 7.13. The zero-order valence-electron chi connectivity index (χ0n) is 18.0. The molecule has 0 fully saturated rings. The van der Waals surface area contributed by atoms with Gasteiger partial charge in [-0.15, -0.1) is 11.3 Å². The zero-order chi connectivity index (χ0) is 23.7. The van der Waals surface area contributed by atoms with Crippen LogP contribution in [0, 0.1) is 6.92 Å². The number of rotatable bonds is 7. The van der Waals surface area contributed by atoms with Gasteiger partial charge in [0, 0.05) is 27.4 Å². The van der Waals surface area contributed by atoms with Crippen molar-refractivity contribution in [3.05, 3.63) is 58.1 Å². The number of thiazole rings is 1. The fourth-order valence-electron chi connectivity index (χ4n) is 3.61. The van der Waals surface area contributed by atoms with Crippen molar-refractivity contribution in [1.82, 2.24) is 9.55 Å². The largest absolute Gasteiger partial charge is 0.496 e. The number of fused-ring (bicyclic) bond motifs is 1. The Balaban J connectivity index is 1.69. The maximum absolute atomic E-state index is 13.1. The summed E-state index contributed by atoms with van der Waals surface area (Å²) in [7, 11) is 3.06. The number of benzene rings is 2. The van der Waals surface area contributed by atoms with Gasteiger partial charge in [-0.25, -0.2) is 4.98 Å². The smallest absolute Gasteiger partial charge is 0.323 e. The van der Waals surface area contributed by atoms with Crippen molar-refractivity contribution in [2.75, 3.05) is 19.5 Å². The first-order valence-corrected chi connectivity index (χ1v) is 11.0. The fourth-order valence-corrected chi connectivity index (χ4v) is 4.67.